The van der Waals surface area contributed by atoms with E-state index in [1.807, 2.05) is 30.3 Å². The van der Waals surface area contributed by atoms with Gasteiger partial charge in [0, 0.05) is 39.3 Å². The van der Waals surface area contributed by atoms with E-state index in [1.54, 1.807) is 4.90 Å². The van der Waals surface area contributed by atoms with Crippen molar-refractivity contribution in [3.63, 3.8) is 0 Å². The minimum Gasteiger partial charge on any atom is -0.395 e. The molecule has 1 aromatic carbocycles. The third-order valence-corrected chi connectivity index (χ3v) is 3.81. The van der Waals surface area contributed by atoms with Crippen LogP contribution in [0.5, 0.6) is 0 Å². The molecule has 0 aliphatic carbocycles. The van der Waals surface area contributed by atoms with Gasteiger partial charge in [0.2, 0.25) is 6.41 Å². The lowest BCUT2D eigenvalue weighted by Gasteiger charge is -2.33. The molecule has 0 spiro atoms. The molecule has 1 aliphatic rings. The lowest BCUT2D eigenvalue weighted by molar-refractivity contribution is -0.153. The first-order chi connectivity index (χ1) is 11.2. The van der Waals surface area contributed by atoms with E-state index in [4.69, 9.17) is 5.11 Å². The van der Waals surface area contributed by atoms with Crippen LogP contribution in [0.1, 0.15) is 5.56 Å². The van der Waals surface area contributed by atoms with E-state index >= 15 is 0 Å². The Morgan fingerprint density at radius 2 is 1.78 bits per heavy atom. The van der Waals surface area contributed by atoms with Gasteiger partial charge in [-0.1, -0.05) is 30.3 Å². The highest BCUT2D eigenvalue weighted by Crippen LogP contribution is 2.07. The topological polar surface area (TPSA) is 81.2 Å². The fraction of sp³-hybridized carbons (Fsp3) is 0.438. The van der Waals surface area contributed by atoms with Gasteiger partial charge in [-0.15, -0.1) is 0 Å². The second-order valence-corrected chi connectivity index (χ2v) is 5.37. The quantitative estimate of drug-likeness (QED) is 0.575. The summed E-state index contributed by atoms with van der Waals surface area (Å²) in [5.41, 5.74) is 0.896. The van der Waals surface area contributed by atoms with E-state index in [-0.39, 0.29) is 19.7 Å². The Kier molecular flexibility index (Phi) is 6.10. The van der Waals surface area contributed by atoms with E-state index in [2.05, 4.69) is 0 Å². The van der Waals surface area contributed by atoms with E-state index in [1.165, 1.54) is 9.80 Å². The first kappa shape index (κ1) is 17.0. The van der Waals surface area contributed by atoms with E-state index < -0.39 is 11.8 Å². The van der Waals surface area contributed by atoms with Crippen molar-refractivity contribution in [2.45, 2.75) is 6.54 Å². The maximum absolute atomic E-state index is 12.4. The third-order valence-electron chi connectivity index (χ3n) is 3.81. The first-order valence-corrected chi connectivity index (χ1v) is 7.58. The second kappa shape index (κ2) is 8.28. The number of piperazine rings is 1. The predicted molar refractivity (Wildman–Crippen MR) is 83.2 cm³/mol. The Morgan fingerprint density at radius 1 is 1.13 bits per heavy atom. The van der Waals surface area contributed by atoms with Crippen LogP contribution in [0, 0.1) is 0 Å². The molecule has 1 saturated heterocycles. The van der Waals surface area contributed by atoms with Gasteiger partial charge in [0.25, 0.3) is 0 Å². The van der Waals surface area contributed by atoms with E-state index in [9.17, 15) is 14.4 Å². The molecule has 1 aromatic rings. The summed E-state index contributed by atoms with van der Waals surface area (Å²) in [6.07, 6.45) is 0.747. The molecule has 7 nitrogen and oxygen atoms in total. The number of nitrogens with zero attached hydrogens (tertiary/aromatic N) is 3. The van der Waals surface area contributed by atoms with Crippen molar-refractivity contribution in [3.8, 4) is 0 Å². The summed E-state index contributed by atoms with van der Waals surface area (Å²) in [5, 5.41) is 9.16. The summed E-state index contributed by atoms with van der Waals surface area (Å²) in [4.78, 5) is 39.8. The molecule has 1 fully saturated rings. The van der Waals surface area contributed by atoms with Gasteiger partial charge in [0.15, 0.2) is 0 Å². The molecule has 0 saturated carbocycles. The summed E-state index contributed by atoms with van der Waals surface area (Å²) in [5.74, 6) is -1.21. The highest BCUT2D eigenvalue weighted by Gasteiger charge is 2.29. The maximum atomic E-state index is 12.4. The van der Waals surface area contributed by atoms with Crippen LogP contribution >= 0.6 is 0 Å². The van der Waals surface area contributed by atoms with Crippen LogP contribution in [-0.4, -0.2) is 77.4 Å². The molecule has 0 bridgehead atoms. The van der Waals surface area contributed by atoms with E-state index in [0.29, 0.717) is 26.2 Å². The Bertz CT molecular complexity index is 542. The molecular formula is C16H21N3O4. The van der Waals surface area contributed by atoms with Crippen molar-refractivity contribution in [1.82, 2.24) is 14.7 Å². The average Bonchev–Trinajstić information content (AvgIpc) is 2.61. The van der Waals surface area contributed by atoms with Gasteiger partial charge in [0.05, 0.1) is 6.61 Å². The van der Waals surface area contributed by atoms with Crippen LogP contribution in [-0.2, 0) is 20.9 Å². The highest BCUT2D eigenvalue weighted by molar-refractivity contribution is 6.34. The summed E-state index contributed by atoms with van der Waals surface area (Å²) in [6, 6.07) is 9.32. The largest absolute Gasteiger partial charge is 0.395 e. The molecule has 0 atom stereocenters. The second-order valence-electron chi connectivity index (χ2n) is 5.37. The molecule has 23 heavy (non-hydrogen) atoms. The van der Waals surface area contributed by atoms with Gasteiger partial charge in [-0.05, 0) is 5.56 Å². The van der Waals surface area contributed by atoms with Crippen molar-refractivity contribution in [2.75, 3.05) is 39.3 Å². The lowest BCUT2D eigenvalue weighted by Crippen LogP contribution is -2.53. The molecule has 1 N–H and O–H groups in total. The number of hydrogen-bond acceptors (Lipinski definition) is 4. The SMILES string of the molecule is O=CN1CCN(C(=O)C(=O)N(CCO)Cc2ccccc2)CC1. The van der Waals surface area contributed by atoms with Crippen LogP contribution < -0.4 is 0 Å². The van der Waals surface area contributed by atoms with Gasteiger partial charge in [0.1, 0.15) is 0 Å². The summed E-state index contributed by atoms with van der Waals surface area (Å²) < 4.78 is 0. The summed E-state index contributed by atoms with van der Waals surface area (Å²) in [6.45, 7) is 1.74. The molecule has 2 rings (SSSR count). The van der Waals surface area contributed by atoms with Gasteiger partial charge in [-0.2, -0.15) is 0 Å². The molecule has 0 aromatic heterocycles. The molecule has 3 amide bonds. The number of aliphatic hydroxyl groups is 1. The van der Waals surface area contributed by atoms with Crippen molar-refractivity contribution in [1.29, 1.82) is 0 Å². The molecule has 0 unspecified atom stereocenters. The Labute approximate surface area is 135 Å². The van der Waals surface area contributed by atoms with Crippen LogP contribution in [0.2, 0.25) is 0 Å². The number of carbonyl (C=O) groups excluding carboxylic acids is 3. The molecule has 124 valence electrons. The van der Waals surface area contributed by atoms with Crippen molar-refractivity contribution < 1.29 is 19.5 Å². The Balaban J connectivity index is 1.99. The van der Waals surface area contributed by atoms with Crippen LogP contribution in [0.3, 0.4) is 0 Å². The minimum absolute atomic E-state index is 0.105. The molecular weight excluding hydrogens is 298 g/mol. The van der Waals surface area contributed by atoms with Gasteiger partial charge in [-0.3, -0.25) is 14.4 Å². The molecule has 1 aliphatic heterocycles. The summed E-state index contributed by atoms with van der Waals surface area (Å²) in [7, 11) is 0. The Hall–Kier alpha value is -2.41. The number of amides is 3. The van der Waals surface area contributed by atoms with Gasteiger partial charge >= 0.3 is 11.8 Å². The third kappa shape index (κ3) is 4.53. The van der Waals surface area contributed by atoms with Crippen molar-refractivity contribution >= 4 is 18.2 Å². The predicted octanol–water partition coefficient (Wildman–Crippen LogP) is -0.692. The number of hydrogen-bond donors (Lipinski definition) is 1. The maximum Gasteiger partial charge on any atom is 0.312 e. The van der Waals surface area contributed by atoms with Crippen LogP contribution in [0.15, 0.2) is 30.3 Å². The monoisotopic (exact) mass is 319 g/mol. The zero-order chi connectivity index (χ0) is 16.7. The minimum atomic E-state index is -0.623. The normalized spacial score (nSPS) is 14.5. The zero-order valence-electron chi connectivity index (χ0n) is 12.9. The average molecular weight is 319 g/mol. The lowest BCUT2D eigenvalue weighted by atomic mass is 10.2. The fourth-order valence-corrected chi connectivity index (χ4v) is 2.48. The van der Waals surface area contributed by atoms with Crippen LogP contribution in [0.4, 0.5) is 0 Å². The number of rotatable bonds is 5. The Morgan fingerprint density at radius 3 is 2.35 bits per heavy atom. The molecule has 1 heterocycles. The van der Waals surface area contributed by atoms with Crippen LogP contribution in [0.25, 0.3) is 0 Å². The van der Waals surface area contributed by atoms with Gasteiger partial charge in [-0.25, -0.2) is 0 Å². The number of aliphatic hydroxyl groups excluding tert-OH is 1. The fourth-order valence-electron chi connectivity index (χ4n) is 2.48. The van der Waals surface area contributed by atoms with E-state index in [0.717, 1.165) is 12.0 Å². The number of benzene rings is 1. The number of carbonyl (C=O) groups is 3. The van der Waals surface area contributed by atoms with Crippen molar-refractivity contribution in [2.24, 2.45) is 0 Å². The first-order valence-electron chi connectivity index (χ1n) is 7.58. The smallest absolute Gasteiger partial charge is 0.312 e. The van der Waals surface area contributed by atoms with Crippen molar-refractivity contribution in [3.05, 3.63) is 35.9 Å². The standard InChI is InChI=1S/C16H21N3O4/c20-11-10-19(12-14-4-2-1-3-5-14)16(23)15(22)18-8-6-17(13-21)7-9-18/h1-5,13,20H,6-12H2. The molecule has 0 radical (unpaired) electrons. The highest BCUT2D eigenvalue weighted by atomic mass is 16.3. The summed E-state index contributed by atoms with van der Waals surface area (Å²) >= 11 is 0. The molecule has 7 heteroatoms. The zero-order valence-corrected chi connectivity index (χ0v) is 12.9. The van der Waals surface area contributed by atoms with Gasteiger partial charge < -0.3 is 19.8 Å².